The van der Waals surface area contributed by atoms with Crippen LogP contribution in [0.25, 0.3) is 88.6 Å². The molecule has 268 valence electrons. The molecule has 0 atom stereocenters. The number of fused-ring (bicyclic) bond motifs is 5. The maximum atomic E-state index is 6.41. The van der Waals surface area contributed by atoms with Crippen LogP contribution in [-0.4, -0.2) is 4.98 Å². The van der Waals surface area contributed by atoms with Crippen LogP contribution in [-0.2, 0) is 0 Å². The summed E-state index contributed by atoms with van der Waals surface area (Å²) in [4.78, 5) is 7.24. The molecule has 0 N–H and O–H groups in total. The number of anilines is 3. The summed E-state index contributed by atoms with van der Waals surface area (Å²) in [5.74, 6) is 0.598. The van der Waals surface area contributed by atoms with Gasteiger partial charge in [0.15, 0.2) is 5.58 Å². The van der Waals surface area contributed by atoms with E-state index in [4.69, 9.17) is 13.8 Å². The minimum absolute atomic E-state index is 0.598. The van der Waals surface area contributed by atoms with Crippen molar-refractivity contribution < 1.29 is 8.83 Å². The summed E-state index contributed by atoms with van der Waals surface area (Å²) >= 11 is 0. The lowest BCUT2D eigenvalue weighted by molar-refractivity contribution is 0.617. The summed E-state index contributed by atoms with van der Waals surface area (Å²) < 4.78 is 12.6. The number of benzene rings is 9. The SMILES string of the molecule is c1ccc(-c2ccc(N(c3ccc(-c4ccc5oc6cc7oc(-c8ccccc8)nc7cc6c5c4)c(-c4ccccc4)c3)c3cccc4ccccc34)cc2)cc1. The van der Waals surface area contributed by atoms with Crippen molar-refractivity contribution in [3.8, 4) is 44.8 Å². The first-order chi connectivity index (χ1) is 28.2. The Hall–Kier alpha value is -7.69. The highest BCUT2D eigenvalue weighted by molar-refractivity contribution is 6.10. The quantitative estimate of drug-likeness (QED) is 0.164. The zero-order chi connectivity index (χ0) is 37.7. The van der Waals surface area contributed by atoms with E-state index in [1.165, 1.54) is 21.9 Å². The third-order valence-electron chi connectivity index (χ3n) is 10.9. The van der Waals surface area contributed by atoms with Gasteiger partial charge in [-0.1, -0.05) is 140 Å². The summed E-state index contributed by atoms with van der Waals surface area (Å²) in [7, 11) is 0. The van der Waals surface area contributed by atoms with Crippen LogP contribution >= 0.6 is 0 Å². The van der Waals surface area contributed by atoms with Gasteiger partial charge in [-0.2, -0.15) is 0 Å². The van der Waals surface area contributed by atoms with Gasteiger partial charge >= 0.3 is 0 Å². The van der Waals surface area contributed by atoms with Gasteiger partial charge in [0.1, 0.15) is 16.7 Å². The molecule has 4 nitrogen and oxygen atoms in total. The number of furan rings is 1. The number of oxazole rings is 1. The molecule has 0 saturated carbocycles. The Balaban J connectivity index is 1.07. The van der Waals surface area contributed by atoms with E-state index < -0.39 is 0 Å². The van der Waals surface area contributed by atoms with Gasteiger partial charge < -0.3 is 13.7 Å². The fraction of sp³-hybridized carbons (Fsp3) is 0. The third kappa shape index (κ3) is 5.83. The molecule has 9 aromatic carbocycles. The lowest BCUT2D eigenvalue weighted by Crippen LogP contribution is -2.10. The molecule has 0 aliphatic carbocycles. The van der Waals surface area contributed by atoms with E-state index >= 15 is 0 Å². The molecule has 11 aromatic rings. The van der Waals surface area contributed by atoms with Crippen molar-refractivity contribution in [3.63, 3.8) is 0 Å². The third-order valence-corrected chi connectivity index (χ3v) is 10.9. The molecule has 0 amide bonds. The van der Waals surface area contributed by atoms with E-state index in [0.717, 1.165) is 72.3 Å². The first-order valence-corrected chi connectivity index (χ1v) is 19.2. The van der Waals surface area contributed by atoms with Gasteiger partial charge in [0, 0.05) is 39.2 Å². The summed E-state index contributed by atoms with van der Waals surface area (Å²) in [6, 6.07) is 72.6. The average molecular weight is 731 g/mol. The first-order valence-electron chi connectivity index (χ1n) is 19.2. The summed E-state index contributed by atoms with van der Waals surface area (Å²) in [5, 5.41) is 4.42. The largest absolute Gasteiger partial charge is 0.456 e. The van der Waals surface area contributed by atoms with Gasteiger partial charge in [0.2, 0.25) is 5.89 Å². The molecule has 57 heavy (non-hydrogen) atoms. The second kappa shape index (κ2) is 13.6. The van der Waals surface area contributed by atoms with E-state index in [0.29, 0.717) is 11.5 Å². The van der Waals surface area contributed by atoms with Crippen molar-refractivity contribution in [3.05, 3.63) is 206 Å². The number of nitrogens with zero attached hydrogens (tertiary/aromatic N) is 2. The molecule has 11 rings (SSSR count). The molecule has 0 radical (unpaired) electrons. The van der Waals surface area contributed by atoms with Crippen LogP contribution in [0.15, 0.2) is 215 Å². The first kappa shape index (κ1) is 32.7. The molecule has 0 fully saturated rings. The van der Waals surface area contributed by atoms with Gasteiger partial charge in [0.05, 0.1) is 5.69 Å². The fourth-order valence-electron chi connectivity index (χ4n) is 8.11. The van der Waals surface area contributed by atoms with E-state index in [2.05, 4.69) is 175 Å². The molecule has 2 aromatic heterocycles. The lowest BCUT2D eigenvalue weighted by atomic mass is 9.92. The predicted molar refractivity (Wildman–Crippen MR) is 235 cm³/mol. The highest BCUT2D eigenvalue weighted by Crippen LogP contribution is 2.44. The molecule has 4 heteroatoms. The lowest BCUT2D eigenvalue weighted by Gasteiger charge is -2.28. The van der Waals surface area contributed by atoms with Crippen LogP contribution in [0.3, 0.4) is 0 Å². The molecule has 0 spiro atoms. The monoisotopic (exact) mass is 730 g/mol. The van der Waals surface area contributed by atoms with Crippen LogP contribution in [0.1, 0.15) is 0 Å². The molecule has 0 saturated heterocycles. The average Bonchev–Trinajstić information content (AvgIpc) is 3.87. The van der Waals surface area contributed by atoms with Gasteiger partial charge in [-0.05, 0) is 99.4 Å². The Kier molecular flexibility index (Phi) is 7.78. The van der Waals surface area contributed by atoms with Gasteiger partial charge in [-0.15, -0.1) is 0 Å². The van der Waals surface area contributed by atoms with Crippen LogP contribution in [0.5, 0.6) is 0 Å². The number of rotatable bonds is 7. The Labute approximate surface area is 329 Å². The van der Waals surface area contributed by atoms with Crippen molar-refractivity contribution in [2.45, 2.75) is 0 Å². The maximum Gasteiger partial charge on any atom is 0.227 e. The zero-order valence-corrected chi connectivity index (χ0v) is 30.8. The Morgan fingerprint density at radius 1 is 0.351 bits per heavy atom. The van der Waals surface area contributed by atoms with Crippen molar-refractivity contribution in [1.82, 2.24) is 4.98 Å². The van der Waals surface area contributed by atoms with Crippen LogP contribution in [0.2, 0.25) is 0 Å². The van der Waals surface area contributed by atoms with E-state index in [-0.39, 0.29) is 0 Å². The maximum absolute atomic E-state index is 6.41. The molecule has 0 aliphatic heterocycles. The number of hydrogen-bond acceptors (Lipinski definition) is 4. The van der Waals surface area contributed by atoms with Crippen molar-refractivity contribution >= 4 is 60.9 Å². The van der Waals surface area contributed by atoms with Crippen molar-refractivity contribution in [2.75, 3.05) is 4.90 Å². The summed E-state index contributed by atoms with van der Waals surface area (Å²) in [6.07, 6.45) is 0. The number of hydrogen-bond donors (Lipinski definition) is 0. The number of aromatic nitrogens is 1. The zero-order valence-electron chi connectivity index (χ0n) is 30.8. The summed E-state index contributed by atoms with van der Waals surface area (Å²) in [6.45, 7) is 0. The van der Waals surface area contributed by atoms with Crippen LogP contribution in [0.4, 0.5) is 17.1 Å². The fourth-order valence-corrected chi connectivity index (χ4v) is 8.11. The van der Waals surface area contributed by atoms with E-state index in [9.17, 15) is 0 Å². The second-order valence-electron chi connectivity index (χ2n) is 14.4. The Morgan fingerprint density at radius 2 is 0.982 bits per heavy atom. The van der Waals surface area contributed by atoms with Gasteiger partial charge in [0.25, 0.3) is 0 Å². The molecule has 0 bridgehead atoms. The van der Waals surface area contributed by atoms with Crippen molar-refractivity contribution in [2.24, 2.45) is 0 Å². The molecular weight excluding hydrogens is 697 g/mol. The van der Waals surface area contributed by atoms with E-state index in [1.54, 1.807) is 0 Å². The van der Waals surface area contributed by atoms with Gasteiger partial charge in [-0.25, -0.2) is 4.98 Å². The standard InChI is InChI=1S/C53H34N2O2/c1-4-13-35(14-5-1)36-23-26-41(27-24-36)55(49-22-12-20-37-17-10-11-21-44(37)49)42-28-29-43(45(32-42)38-15-6-2-7-16-38)40-25-30-50-46(31-40)47-33-48-52(34-51(47)56-50)57-53(54-48)39-18-8-3-9-19-39/h1-34H. The topological polar surface area (TPSA) is 42.4 Å². The highest BCUT2D eigenvalue weighted by atomic mass is 16.4. The summed E-state index contributed by atoms with van der Waals surface area (Å²) in [5.41, 5.74) is 14.2. The van der Waals surface area contributed by atoms with E-state index in [1.807, 2.05) is 36.4 Å². The molecule has 2 heterocycles. The minimum Gasteiger partial charge on any atom is -0.456 e. The van der Waals surface area contributed by atoms with Crippen LogP contribution in [0, 0.1) is 0 Å². The molecule has 0 unspecified atom stereocenters. The Bertz CT molecular complexity index is 3220. The van der Waals surface area contributed by atoms with Gasteiger partial charge in [-0.3, -0.25) is 0 Å². The van der Waals surface area contributed by atoms with Crippen LogP contribution < -0.4 is 4.90 Å². The second-order valence-corrected chi connectivity index (χ2v) is 14.4. The molecular formula is C53H34N2O2. The molecule has 0 aliphatic rings. The minimum atomic E-state index is 0.598. The highest BCUT2D eigenvalue weighted by Gasteiger charge is 2.20. The smallest absolute Gasteiger partial charge is 0.227 e. The normalized spacial score (nSPS) is 11.5. The predicted octanol–water partition coefficient (Wildman–Crippen LogP) is 15.0. The Morgan fingerprint density at radius 3 is 1.77 bits per heavy atom. The van der Waals surface area contributed by atoms with Crippen molar-refractivity contribution in [1.29, 1.82) is 0 Å².